The quantitative estimate of drug-likeness (QED) is 0.435. The summed E-state index contributed by atoms with van der Waals surface area (Å²) < 4.78 is -1.76. The zero-order valence-corrected chi connectivity index (χ0v) is 20.1. The van der Waals surface area contributed by atoms with E-state index >= 15 is 0 Å². The number of pyridine rings is 1. The van der Waals surface area contributed by atoms with E-state index in [-0.39, 0.29) is 12.3 Å². The number of halogens is 3. The van der Waals surface area contributed by atoms with E-state index in [2.05, 4.69) is 15.6 Å². The number of alkyl halides is 3. The maximum atomic E-state index is 12.7. The van der Waals surface area contributed by atoms with Crippen LogP contribution in [-0.4, -0.2) is 51.0 Å². The second-order valence-corrected chi connectivity index (χ2v) is 9.86. The van der Waals surface area contributed by atoms with E-state index in [1.54, 1.807) is 17.3 Å². The summed E-state index contributed by atoms with van der Waals surface area (Å²) in [6, 6.07) is 11.6. The average molecular weight is 501 g/mol. The normalized spacial score (nSPS) is 15.5. The van der Waals surface area contributed by atoms with Crippen LogP contribution in [0, 0.1) is 0 Å². The van der Waals surface area contributed by atoms with E-state index in [0.717, 1.165) is 29.9 Å². The zero-order chi connectivity index (χ0) is 22.4. The number of carbonyl (C=O) groups excluding carboxylic acids is 1. The number of benzene rings is 1. The van der Waals surface area contributed by atoms with Crippen molar-refractivity contribution < 1.29 is 4.79 Å². The van der Waals surface area contributed by atoms with Crippen molar-refractivity contribution in [3.63, 3.8) is 0 Å². The van der Waals surface area contributed by atoms with E-state index in [4.69, 9.17) is 47.0 Å². The van der Waals surface area contributed by atoms with Crippen molar-refractivity contribution in [1.29, 1.82) is 0 Å². The summed E-state index contributed by atoms with van der Waals surface area (Å²) in [5.41, 5.74) is 2.84. The van der Waals surface area contributed by atoms with Crippen LogP contribution in [0.3, 0.4) is 0 Å². The molecule has 1 aliphatic heterocycles. The molecule has 1 atom stereocenters. The van der Waals surface area contributed by atoms with Gasteiger partial charge in [-0.2, -0.15) is 0 Å². The van der Waals surface area contributed by atoms with Crippen molar-refractivity contribution in [2.24, 2.45) is 0 Å². The molecular weight excluding hydrogens is 477 g/mol. The Morgan fingerprint density at radius 2 is 2.00 bits per heavy atom. The lowest BCUT2D eigenvalue weighted by molar-refractivity contribution is -0.122. The highest BCUT2D eigenvalue weighted by molar-refractivity contribution is 7.80. The third-order valence-corrected chi connectivity index (χ3v) is 6.08. The summed E-state index contributed by atoms with van der Waals surface area (Å²) in [6.07, 6.45) is 4.11. The molecule has 2 N–H and O–H groups in total. The number of hydrogen-bond acceptors (Lipinski definition) is 4. The number of amides is 1. The minimum Gasteiger partial charge on any atom is -0.386 e. The van der Waals surface area contributed by atoms with Gasteiger partial charge in [-0.25, -0.2) is 0 Å². The summed E-state index contributed by atoms with van der Waals surface area (Å²) in [5, 5.41) is 6.55. The molecule has 10 heteroatoms. The summed E-state index contributed by atoms with van der Waals surface area (Å²) >= 11 is 24.6. The van der Waals surface area contributed by atoms with Crippen LogP contribution < -0.4 is 15.5 Å². The van der Waals surface area contributed by atoms with Gasteiger partial charge in [-0.15, -0.1) is 0 Å². The molecule has 0 aliphatic carbocycles. The molecule has 31 heavy (non-hydrogen) atoms. The molecule has 1 aromatic heterocycles. The number of nitrogens with one attached hydrogen (secondary N) is 2. The minimum absolute atomic E-state index is 0.226. The SMILES string of the molecule is CNc1ccccc1N1CCCN(C(NC(=O)CCc2cccnc2)C(Cl)(Cl)Cl)C1=S. The third kappa shape index (κ3) is 6.13. The highest BCUT2D eigenvalue weighted by Gasteiger charge is 2.42. The Bertz CT molecular complexity index is 909. The number of thiocarbonyl (C=S) groups is 1. The van der Waals surface area contributed by atoms with Crippen LogP contribution in [0.5, 0.6) is 0 Å². The number of aromatic nitrogens is 1. The molecule has 0 saturated carbocycles. The summed E-state index contributed by atoms with van der Waals surface area (Å²) in [5.74, 6) is -0.226. The Morgan fingerprint density at radius 3 is 2.68 bits per heavy atom. The molecule has 1 aliphatic rings. The molecule has 2 aromatic rings. The number of carbonyl (C=O) groups is 1. The van der Waals surface area contributed by atoms with E-state index in [1.807, 2.05) is 48.3 Å². The fraction of sp³-hybridized carbons (Fsp3) is 0.381. The van der Waals surface area contributed by atoms with Crippen molar-refractivity contribution >= 4 is 69.4 Å². The first-order valence-electron chi connectivity index (χ1n) is 9.91. The fourth-order valence-electron chi connectivity index (χ4n) is 3.49. The lowest BCUT2D eigenvalue weighted by Crippen LogP contribution is -2.62. The second-order valence-electron chi connectivity index (χ2n) is 7.12. The largest absolute Gasteiger partial charge is 0.386 e. The highest BCUT2D eigenvalue weighted by Crippen LogP contribution is 2.35. The Hall–Kier alpha value is -1.80. The molecule has 0 bridgehead atoms. The monoisotopic (exact) mass is 499 g/mol. The van der Waals surface area contributed by atoms with Crippen LogP contribution >= 0.6 is 47.0 Å². The predicted octanol–water partition coefficient (Wildman–Crippen LogP) is 4.37. The van der Waals surface area contributed by atoms with Gasteiger partial charge in [0, 0.05) is 39.0 Å². The molecule has 3 rings (SSSR count). The van der Waals surface area contributed by atoms with Crippen LogP contribution in [0.4, 0.5) is 11.4 Å². The van der Waals surface area contributed by atoms with Crippen molar-refractivity contribution in [2.75, 3.05) is 30.4 Å². The van der Waals surface area contributed by atoms with E-state index in [9.17, 15) is 4.79 Å². The van der Waals surface area contributed by atoms with Crippen LogP contribution in [0.15, 0.2) is 48.8 Å². The van der Waals surface area contributed by atoms with Gasteiger partial charge < -0.3 is 20.4 Å². The lowest BCUT2D eigenvalue weighted by atomic mass is 10.1. The maximum Gasteiger partial charge on any atom is 0.228 e. The Labute approximate surface area is 202 Å². The van der Waals surface area contributed by atoms with Crippen molar-refractivity contribution in [3.8, 4) is 0 Å². The molecule has 1 unspecified atom stereocenters. The van der Waals surface area contributed by atoms with E-state index in [0.29, 0.717) is 18.1 Å². The van der Waals surface area contributed by atoms with Gasteiger partial charge in [0.25, 0.3) is 0 Å². The molecule has 1 aromatic carbocycles. The molecule has 1 amide bonds. The predicted molar refractivity (Wildman–Crippen MR) is 132 cm³/mol. The van der Waals surface area contributed by atoms with Gasteiger partial charge in [-0.3, -0.25) is 9.78 Å². The van der Waals surface area contributed by atoms with Gasteiger partial charge in [-0.1, -0.05) is 53.0 Å². The molecule has 166 valence electrons. The van der Waals surface area contributed by atoms with Gasteiger partial charge in [0.2, 0.25) is 9.70 Å². The van der Waals surface area contributed by atoms with Gasteiger partial charge in [-0.05, 0) is 48.8 Å². The third-order valence-electron chi connectivity index (χ3n) is 5.00. The van der Waals surface area contributed by atoms with Gasteiger partial charge in [0.15, 0.2) is 11.3 Å². The molecule has 2 heterocycles. The van der Waals surface area contributed by atoms with Gasteiger partial charge in [0.05, 0.1) is 11.4 Å². The highest BCUT2D eigenvalue weighted by atomic mass is 35.6. The van der Waals surface area contributed by atoms with Crippen molar-refractivity contribution in [2.45, 2.75) is 29.2 Å². The molecule has 0 spiro atoms. The average Bonchev–Trinajstić information content (AvgIpc) is 2.76. The molecule has 6 nitrogen and oxygen atoms in total. The maximum absolute atomic E-state index is 12.7. The first kappa shape index (κ1) is 23.9. The Balaban J connectivity index is 1.75. The summed E-state index contributed by atoms with van der Waals surface area (Å²) in [6.45, 7) is 1.30. The van der Waals surface area contributed by atoms with Gasteiger partial charge in [0.1, 0.15) is 0 Å². The van der Waals surface area contributed by atoms with Crippen LogP contribution in [0.1, 0.15) is 18.4 Å². The number of nitrogens with zero attached hydrogens (tertiary/aromatic N) is 3. The fourth-order valence-corrected chi connectivity index (χ4v) is 4.40. The van der Waals surface area contributed by atoms with Crippen molar-refractivity contribution in [3.05, 3.63) is 54.4 Å². The van der Waals surface area contributed by atoms with Crippen LogP contribution in [-0.2, 0) is 11.2 Å². The first-order chi connectivity index (χ1) is 14.8. The molecule has 1 fully saturated rings. The zero-order valence-electron chi connectivity index (χ0n) is 17.0. The van der Waals surface area contributed by atoms with Crippen molar-refractivity contribution in [1.82, 2.24) is 15.2 Å². The lowest BCUT2D eigenvalue weighted by Gasteiger charge is -2.45. The minimum atomic E-state index is -1.76. The number of para-hydroxylation sites is 2. The molecule has 0 radical (unpaired) electrons. The topological polar surface area (TPSA) is 60.5 Å². The summed E-state index contributed by atoms with van der Waals surface area (Å²) in [7, 11) is 1.86. The molecule has 1 saturated heterocycles. The number of aryl methyl sites for hydroxylation is 1. The second kappa shape index (κ2) is 10.7. The van der Waals surface area contributed by atoms with E-state index in [1.165, 1.54) is 0 Å². The smallest absolute Gasteiger partial charge is 0.228 e. The van der Waals surface area contributed by atoms with E-state index < -0.39 is 9.96 Å². The number of hydrogen-bond donors (Lipinski definition) is 2. The Morgan fingerprint density at radius 1 is 1.23 bits per heavy atom. The Kier molecular flexibility index (Phi) is 8.22. The van der Waals surface area contributed by atoms with Crippen LogP contribution in [0.2, 0.25) is 0 Å². The van der Waals surface area contributed by atoms with Crippen LogP contribution in [0.25, 0.3) is 0 Å². The number of anilines is 2. The van der Waals surface area contributed by atoms with Gasteiger partial charge >= 0.3 is 0 Å². The number of rotatable bonds is 7. The summed E-state index contributed by atoms with van der Waals surface area (Å²) in [4.78, 5) is 20.5. The molecular formula is C21H24Cl3N5OS. The first-order valence-corrected chi connectivity index (χ1v) is 11.5. The standard InChI is InChI=1S/C21H24Cl3N5OS/c1-25-16-7-2-3-8-17(16)28-12-5-13-29(20(28)31)19(21(22,23)24)27-18(30)10-9-15-6-4-11-26-14-15/h2-4,6-8,11,14,19,25H,5,9-10,12-13H2,1H3,(H,27,30).